The summed E-state index contributed by atoms with van der Waals surface area (Å²) in [4.78, 5) is 17.0. The Labute approximate surface area is 146 Å². The van der Waals surface area contributed by atoms with Gasteiger partial charge in [-0.1, -0.05) is 12.1 Å². The van der Waals surface area contributed by atoms with Crippen molar-refractivity contribution in [3.8, 4) is 5.75 Å². The molecule has 0 N–H and O–H groups in total. The van der Waals surface area contributed by atoms with Gasteiger partial charge in [0, 0.05) is 25.6 Å². The summed E-state index contributed by atoms with van der Waals surface area (Å²) in [5.41, 5.74) is 0. The predicted octanol–water partition coefficient (Wildman–Crippen LogP) is 3.16. The van der Waals surface area contributed by atoms with Gasteiger partial charge in [0.2, 0.25) is 5.91 Å². The van der Waals surface area contributed by atoms with E-state index in [-0.39, 0.29) is 0 Å². The second-order valence-corrected chi connectivity index (χ2v) is 7.49. The first-order valence-electron chi connectivity index (χ1n) is 8.50. The molecule has 2 fully saturated rings. The van der Waals surface area contributed by atoms with Crippen LogP contribution in [-0.2, 0) is 4.79 Å². The van der Waals surface area contributed by atoms with E-state index in [1.165, 1.54) is 19.4 Å². The molecule has 0 saturated carbocycles. The molecule has 0 bridgehead atoms. The topological polar surface area (TPSA) is 32.8 Å². The monoisotopic (exact) mass is 380 g/mol. The number of benzene rings is 1. The Morgan fingerprint density at radius 1 is 1.30 bits per heavy atom. The Morgan fingerprint density at radius 3 is 2.91 bits per heavy atom. The van der Waals surface area contributed by atoms with E-state index in [9.17, 15) is 4.79 Å². The molecule has 1 amide bonds. The summed E-state index contributed by atoms with van der Waals surface area (Å²) in [6, 6.07) is 8.25. The molecular weight excluding hydrogens is 356 g/mol. The number of amides is 1. The highest BCUT2D eigenvalue weighted by Gasteiger charge is 2.39. The second-order valence-electron chi connectivity index (χ2n) is 6.64. The van der Waals surface area contributed by atoms with Crippen molar-refractivity contribution in [1.82, 2.24) is 9.80 Å². The molecule has 2 aliphatic rings. The number of carbonyl (C=O) groups is 1. The maximum Gasteiger partial charge on any atom is 0.222 e. The van der Waals surface area contributed by atoms with E-state index < -0.39 is 0 Å². The number of likely N-dealkylation sites (tertiary alicyclic amines) is 2. The van der Waals surface area contributed by atoms with Crippen molar-refractivity contribution in [2.75, 3.05) is 33.3 Å². The fourth-order valence-corrected chi connectivity index (χ4v) is 4.12. The summed E-state index contributed by atoms with van der Waals surface area (Å²) in [5, 5.41) is 0. The van der Waals surface area contributed by atoms with E-state index in [0.717, 1.165) is 29.7 Å². The molecule has 0 aromatic heterocycles. The van der Waals surface area contributed by atoms with Gasteiger partial charge < -0.3 is 14.5 Å². The summed E-state index contributed by atoms with van der Waals surface area (Å²) in [6.07, 6.45) is 3.76. The number of hydrogen-bond acceptors (Lipinski definition) is 3. The Morgan fingerprint density at radius 2 is 2.09 bits per heavy atom. The molecular formula is C18H25BrN2O2. The molecule has 0 radical (unpaired) electrons. The lowest BCUT2D eigenvalue weighted by molar-refractivity contribution is -0.133. The predicted molar refractivity (Wildman–Crippen MR) is 94.6 cm³/mol. The van der Waals surface area contributed by atoms with Crippen molar-refractivity contribution in [2.45, 2.75) is 31.7 Å². The van der Waals surface area contributed by atoms with Crippen LogP contribution >= 0.6 is 15.9 Å². The van der Waals surface area contributed by atoms with Crippen LogP contribution in [0.15, 0.2) is 28.7 Å². The van der Waals surface area contributed by atoms with Gasteiger partial charge in [0.25, 0.3) is 0 Å². The van der Waals surface area contributed by atoms with Crippen molar-refractivity contribution < 1.29 is 9.53 Å². The number of ether oxygens (including phenoxy) is 1. The zero-order chi connectivity index (χ0) is 16.2. The van der Waals surface area contributed by atoms with E-state index in [4.69, 9.17) is 4.74 Å². The summed E-state index contributed by atoms with van der Waals surface area (Å²) in [6.45, 7) is 3.72. The molecule has 3 rings (SSSR count). The van der Waals surface area contributed by atoms with Gasteiger partial charge in [0.05, 0.1) is 11.1 Å². The van der Waals surface area contributed by atoms with Crippen LogP contribution in [0.1, 0.15) is 25.7 Å². The van der Waals surface area contributed by atoms with E-state index in [0.29, 0.717) is 30.9 Å². The molecule has 0 unspecified atom stereocenters. The van der Waals surface area contributed by atoms with Gasteiger partial charge >= 0.3 is 0 Å². The maximum atomic E-state index is 12.5. The fraction of sp³-hybridized carbons (Fsp3) is 0.611. The molecule has 0 spiro atoms. The molecule has 0 aliphatic carbocycles. The van der Waals surface area contributed by atoms with Crippen LogP contribution in [-0.4, -0.2) is 55.0 Å². The molecule has 4 nitrogen and oxygen atoms in total. The van der Waals surface area contributed by atoms with Gasteiger partial charge in [-0.15, -0.1) is 0 Å². The molecule has 5 heteroatoms. The Kier molecular flexibility index (Phi) is 5.59. The Balaban J connectivity index is 1.44. The van der Waals surface area contributed by atoms with Gasteiger partial charge in [-0.2, -0.15) is 0 Å². The van der Waals surface area contributed by atoms with Crippen LogP contribution in [0.3, 0.4) is 0 Å². The highest BCUT2D eigenvalue weighted by Crippen LogP contribution is 2.31. The first-order valence-corrected chi connectivity index (χ1v) is 9.30. The number of hydrogen-bond donors (Lipinski definition) is 0. The average Bonchev–Trinajstić information content (AvgIpc) is 2.96. The number of likely N-dealkylation sites (N-methyl/N-ethyl adjacent to an activating group) is 1. The summed E-state index contributed by atoms with van der Waals surface area (Å²) >= 11 is 3.47. The number of fused-ring (bicyclic) bond motifs is 1. The fourth-order valence-electron chi connectivity index (χ4n) is 3.72. The third-order valence-corrected chi connectivity index (χ3v) is 5.67. The van der Waals surface area contributed by atoms with Crippen LogP contribution in [0.5, 0.6) is 5.75 Å². The number of carbonyl (C=O) groups excluding carboxylic acids is 1. The van der Waals surface area contributed by atoms with Crippen LogP contribution in [0.4, 0.5) is 0 Å². The third-order valence-electron chi connectivity index (χ3n) is 5.02. The maximum absolute atomic E-state index is 12.5. The van der Waals surface area contributed by atoms with E-state index >= 15 is 0 Å². The zero-order valence-electron chi connectivity index (χ0n) is 13.7. The summed E-state index contributed by atoms with van der Waals surface area (Å²) in [7, 11) is 2.16. The van der Waals surface area contributed by atoms with Crippen molar-refractivity contribution in [3.05, 3.63) is 28.7 Å². The number of nitrogens with zero attached hydrogens (tertiary/aromatic N) is 2. The minimum Gasteiger partial charge on any atom is -0.492 e. The molecule has 2 saturated heterocycles. The smallest absolute Gasteiger partial charge is 0.222 e. The molecule has 126 valence electrons. The molecule has 2 atom stereocenters. The van der Waals surface area contributed by atoms with Crippen LogP contribution in [0.25, 0.3) is 0 Å². The van der Waals surface area contributed by atoms with Gasteiger partial charge in [-0.05, 0) is 66.8 Å². The lowest BCUT2D eigenvalue weighted by atomic mass is 9.92. The minimum absolute atomic E-state index is 0.295. The van der Waals surface area contributed by atoms with Crippen molar-refractivity contribution in [2.24, 2.45) is 5.92 Å². The SMILES string of the molecule is CN1CC[C@H]2CCN(C(=O)CCCOc3ccccc3Br)[C@H]2C1. The van der Waals surface area contributed by atoms with E-state index in [1.54, 1.807) is 0 Å². The normalized spacial score (nSPS) is 24.5. The first kappa shape index (κ1) is 16.8. The molecule has 1 aromatic rings. The Hall–Kier alpha value is -1.07. The van der Waals surface area contributed by atoms with E-state index in [1.807, 2.05) is 24.3 Å². The summed E-state index contributed by atoms with van der Waals surface area (Å²) < 4.78 is 6.71. The number of para-hydroxylation sites is 1. The zero-order valence-corrected chi connectivity index (χ0v) is 15.3. The first-order chi connectivity index (χ1) is 11.1. The molecule has 2 heterocycles. The summed E-state index contributed by atoms with van der Waals surface area (Å²) in [5.74, 6) is 1.85. The number of halogens is 1. The van der Waals surface area contributed by atoms with Gasteiger partial charge in [-0.25, -0.2) is 0 Å². The number of piperidine rings is 1. The van der Waals surface area contributed by atoms with Crippen LogP contribution < -0.4 is 4.74 Å². The number of rotatable bonds is 5. The highest BCUT2D eigenvalue weighted by molar-refractivity contribution is 9.10. The van der Waals surface area contributed by atoms with Crippen LogP contribution in [0, 0.1) is 5.92 Å². The lowest BCUT2D eigenvalue weighted by Crippen LogP contribution is -2.48. The second kappa shape index (κ2) is 7.67. The average molecular weight is 381 g/mol. The third kappa shape index (κ3) is 4.07. The van der Waals surface area contributed by atoms with Gasteiger partial charge in [0.1, 0.15) is 5.75 Å². The molecule has 23 heavy (non-hydrogen) atoms. The standard InChI is InChI=1S/C18H25BrN2O2/c1-20-10-8-14-9-11-21(16(14)13-20)18(22)7-4-12-23-17-6-3-2-5-15(17)19/h2-3,5-6,14,16H,4,7-13H2,1H3/t14-,16-/m0/s1. The van der Waals surface area contributed by atoms with Crippen LogP contribution in [0.2, 0.25) is 0 Å². The Bertz CT molecular complexity index is 552. The van der Waals surface area contributed by atoms with Crippen molar-refractivity contribution in [3.63, 3.8) is 0 Å². The van der Waals surface area contributed by atoms with Crippen molar-refractivity contribution >= 4 is 21.8 Å². The highest BCUT2D eigenvalue weighted by atomic mass is 79.9. The minimum atomic E-state index is 0.295. The largest absolute Gasteiger partial charge is 0.492 e. The molecule has 2 aliphatic heterocycles. The lowest BCUT2D eigenvalue weighted by Gasteiger charge is -2.36. The van der Waals surface area contributed by atoms with Gasteiger partial charge in [-0.3, -0.25) is 4.79 Å². The van der Waals surface area contributed by atoms with Gasteiger partial charge in [0.15, 0.2) is 0 Å². The van der Waals surface area contributed by atoms with E-state index in [2.05, 4.69) is 32.8 Å². The molecule has 1 aromatic carbocycles. The van der Waals surface area contributed by atoms with Crippen molar-refractivity contribution in [1.29, 1.82) is 0 Å². The quantitative estimate of drug-likeness (QED) is 0.735.